The third kappa shape index (κ3) is 4.79. The lowest BCUT2D eigenvalue weighted by Crippen LogP contribution is -2.40. The Labute approximate surface area is 207 Å². The number of hydrogen-bond donors (Lipinski definition) is 1. The number of aliphatic hydroxyl groups is 1. The summed E-state index contributed by atoms with van der Waals surface area (Å²) in [5.74, 6) is 0.294. The van der Waals surface area contributed by atoms with E-state index in [9.17, 15) is 14.7 Å². The quantitative estimate of drug-likeness (QED) is 0.302. The lowest BCUT2D eigenvalue weighted by atomic mass is 9.90. The number of nitrogens with zero attached hydrogens (tertiary/aromatic N) is 1. The second kappa shape index (κ2) is 10.5. The Balaban J connectivity index is 1.85. The number of carbonyl (C=O) groups excluding carboxylic acids is 2. The van der Waals surface area contributed by atoms with Gasteiger partial charge < -0.3 is 19.5 Å². The molecule has 1 amide bonds. The van der Waals surface area contributed by atoms with Crippen molar-refractivity contribution in [2.24, 2.45) is 0 Å². The third-order valence-corrected chi connectivity index (χ3v) is 7.08. The van der Waals surface area contributed by atoms with Gasteiger partial charge in [-0.25, -0.2) is 0 Å². The molecule has 6 heteroatoms. The fourth-order valence-electron chi connectivity index (χ4n) is 5.31. The number of Topliss-reactive ketones (excluding diaryl/α,β-unsaturated/α-hetero) is 1. The Morgan fingerprint density at radius 2 is 1.74 bits per heavy atom. The minimum absolute atomic E-state index is 0.0239. The second-order valence-electron chi connectivity index (χ2n) is 9.61. The standard InChI is InChI=1S/C29H35NO5/c1-5-35-22-14-11-19(12-15-22)26-25(28(32)29(33)30(26)21-9-7-6-8-10-21)27(31)20-13-16-24(34-4)23(17-20)18(2)3/h11-18,21,26,31H,5-10H2,1-4H3/b27-25-. The molecular weight excluding hydrogens is 442 g/mol. The van der Waals surface area contributed by atoms with Gasteiger partial charge in [-0.05, 0) is 67.1 Å². The fourth-order valence-corrected chi connectivity index (χ4v) is 5.31. The molecule has 2 aromatic rings. The van der Waals surface area contributed by atoms with Crippen molar-refractivity contribution in [3.8, 4) is 11.5 Å². The van der Waals surface area contributed by atoms with Crippen molar-refractivity contribution < 1.29 is 24.2 Å². The minimum Gasteiger partial charge on any atom is -0.507 e. The number of amides is 1. The monoisotopic (exact) mass is 477 g/mol. The molecule has 1 N–H and O–H groups in total. The van der Waals surface area contributed by atoms with Crippen molar-refractivity contribution in [1.29, 1.82) is 0 Å². The maximum absolute atomic E-state index is 13.4. The summed E-state index contributed by atoms with van der Waals surface area (Å²) < 4.78 is 11.1. The summed E-state index contributed by atoms with van der Waals surface area (Å²) in [6.07, 6.45) is 4.92. The number of ether oxygens (including phenoxy) is 2. The van der Waals surface area contributed by atoms with E-state index >= 15 is 0 Å². The molecule has 1 heterocycles. The van der Waals surface area contributed by atoms with Gasteiger partial charge in [0, 0.05) is 11.6 Å². The van der Waals surface area contributed by atoms with E-state index in [1.807, 2.05) is 51.1 Å². The van der Waals surface area contributed by atoms with Crippen LogP contribution in [0.25, 0.3) is 5.76 Å². The molecule has 186 valence electrons. The highest BCUT2D eigenvalue weighted by Gasteiger charge is 2.48. The van der Waals surface area contributed by atoms with Gasteiger partial charge in [0.1, 0.15) is 17.3 Å². The number of rotatable bonds is 7. The highest BCUT2D eigenvalue weighted by atomic mass is 16.5. The molecule has 0 spiro atoms. The summed E-state index contributed by atoms with van der Waals surface area (Å²) in [6.45, 7) is 6.56. The van der Waals surface area contributed by atoms with E-state index in [2.05, 4.69) is 0 Å². The van der Waals surface area contributed by atoms with Crippen molar-refractivity contribution in [1.82, 2.24) is 4.90 Å². The fraction of sp³-hybridized carbons (Fsp3) is 0.448. The SMILES string of the molecule is CCOc1ccc(C2/C(=C(/O)c3ccc(OC)c(C(C)C)c3)C(=O)C(=O)N2C2CCCCC2)cc1. The van der Waals surface area contributed by atoms with Crippen molar-refractivity contribution in [3.63, 3.8) is 0 Å². The lowest BCUT2D eigenvalue weighted by Gasteiger charge is -2.35. The van der Waals surface area contributed by atoms with Crippen LogP contribution >= 0.6 is 0 Å². The van der Waals surface area contributed by atoms with Crippen LogP contribution in [-0.2, 0) is 9.59 Å². The zero-order chi connectivity index (χ0) is 25.1. The zero-order valence-electron chi connectivity index (χ0n) is 21.0. The van der Waals surface area contributed by atoms with Crippen LogP contribution in [0.15, 0.2) is 48.0 Å². The molecule has 0 radical (unpaired) electrons. The molecule has 4 rings (SSSR count). The third-order valence-electron chi connectivity index (χ3n) is 7.08. The van der Waals surface area contributed by atoms with E-state index in [1.165, 1.54) is 0 Å². The lowest BCUT2D eigenvalue weighted by molar-refractivity contribution is -0.141. The topological polar surface area (TPSA) is 76.1 Å². The van der Waals surface area contributed by atoms with E-state index in [0.717, 1.165) is 54.7 Å². The molecular formula is C29H35NO5. The van der Waals surface area contributed by atoms with Gasteiger partial charge in [0.25, 0.3) is 11.7 Å². The van der Waals surface area contributed by atoms with E-state index in [4.69, 9.17) is 9.47 Å². The van der Waals surface area contributed by atoms with Gasteiger partial charge in [0.2, 0.25) is 0 Å². The molecule has 2 fully saturated rings. The predicted molar refractivity (Wildman–Crippen MR) is 136 cm³/mol. The highest BCUT2D eigenvalue weighted by molar-refractivity contribution is 6.46. The molecule has 0 aromatic heterocycles. The number of ketones is 1. The van der Waals surface area contributed by atoms with Gasteiger partial charge in [-0.2, -0.15) is 0 Å². The van der Waals surface area contributed by atoms with Crippen molar-refractivity contribution in [2.75, 3.05) is 13.7 Å². The zero-order valence-corrected chi connectivity index (χ0v) is 21.0. The van der Waals surface area contributed by atoms with Gasteiger partial charge >= 0.3 is 0 Å². The van der Waals surface area contributed by atoms with Gasteiger partial charge in [-0.1, -0.05) is 45.2 Å². The summed E-state index contributed by atoms with van der Waals surface area (Å²) in [5.41, 5.74) is 2.37. The minimum atomic E-state index is -0.640. The van der Waals surface area contributed by atoms with E-state index < -0.39 is 17.7 Å². The van der Waals surface area contributed by atoms with E-state index in [-0.39, 0.29) is 23.3 Å². The van der Waals surface area contributed by atoms with Gasteiger partial charge in [0.15, 0.2) is 0 Å². The summed E-state index contributed by atoms with van der Waals surface area (Å²) in [6, 6.07) is 12.2. The summed E-state index contributed by atoms with van der Waals surface area (Å²) in [4.78, 5) is 28.5. The largest absolute Gasteiger partial charge is 0.507 e. The van der Waals surface area contributed by atoms with Crippen LogP contribution in [0.1, 0.15) is 81.5 Å². The summed E-state index contributed by atoms with van der Waals surface area (Å²) in [7, 11) is 1.61. The maximum Gasteiger partial charge on any atom is 0.295 e. The molecule has 0 bridgehead atoms. The summed E-state index contributed by atoms with van der Waals surface area (Å²) >= 11 is 0. The molecule has 2 aliphatic rings. The van der Waals surface area contributed by atoms with Crippen LogP contribution in [0.3, 0.4) is 0 Å². The van der Waals surface area contributed by atoms with Gasteiger partial charge in [-0.15, -0.1) is 0 Å². The van der Waals surface area contributed by atoms with Crippen molar-refractivity contribution >= 4 is 17.4 Å². The predicted octanol–water partition coefficient (Wildman–Crippen LogP) is 5.97. The Kier molecular flexibility index (Phi) is 7.48. The van der Waals surface area contributed by atoms with E-state index in [0.29, 0.717) is 12.2 Å². The number of carbonyl (C=O) groups is 2. The van der Waals surface area contributed by atoms with Crippen LogP contribution in [0.2, 0.25) is 0 Å². The van der Waals surface area contributed by atoms with Crippen LogP contribution < -0.4 is 9.47 Å². The molecule has 1 unspecified atom stereocenters. The molecule has 1 atom stereocenters. The number of benzene rings is 2. The molecule has 1 aliphatic heterocycles. The molecule has 35 heavy (non-hydrogen) atoms. The average molecular weight is 478 g/mol. The molecule has 1 saturated heterocycles. The first-order valence-electron chi connectivity index (χ1n) is 12.6. The average Bonchev–Trinajstić information content (AvgIpc) is 3.14. The highest BCUT2D eigenvalue weighted by Crippen LogP contribution is 2.44. The first kappa shape index (κ1) is 24.8. The number of likely N-dealkylation sites (tertiary alicyclic amines) is 1. The van der Waals surface area contributed by atoms with Crippen LogP contribution in [0.4, 0.5) is 0 Å². The first-order chi connectivity index (χ1) is 16.9. The molecule has 2 aromatic carbocycles. The van der Waals surface area contributed by atoms with E-state index in [1.54, 1.807) is 24.1 Å². The first-order valence-corrected chi connectivity index (χ1v) is 12.6. The Morgan fingerprint density at radius 1 is 1.06 bits per heavy atom. The van der Waals surface area contributed by atoms with Gasteiger partial charge in [0.05, 0.1) is 25.3 Å². The van der Waals surface area contributed by atoms with Gasteiger partial charge in [-0.3, -0.25) is 9.59 Å². The Bertz CT molecular complexity index is 1110. The Hall–Kier alpha value is -3.28. The van der Waals surface area contributed by atoms with Crippen LogP contribution in [0, 0.1) is 0 Å². The maximum atomic E-state index is 13.4. The number of aliphatic hydroxyl groups excluding tert-OH is 1. The normalized spacial score (nSPS) is 20.5. The molecule has 1 aliphatic carbocycles. The van der Waals surface area contributed by atoms with Crippen molar-refractivity contribution in [3.05, 3.63) is 64.7 Å². The molecule has 6 nitrogen and oxygen atoms in total. The van der Waals surface area contributed by atoms with Crippen molar-refractivity contribution in [2.45, 2.75) is 70.9 Å². The number of hydrogen-bond acceptors (Lipinski definition) is 5. The summed E-state index contributed by atoms with van der Waals surface area (Å²) in [5, 5.41) is 11.5. The Morgan fingerprint density at radius 3 is 2.34 bits per heavy atom. The molecule has 1 saturated carbocycles. The smallest absolute Gasteiger partial charge is 0.295 e. The second-order valence-corrected chi connectivity index (χ2v) is 9.61. The number of methoxy groups -OCH3 is 1. The van der Waals surface area contributed by atoms with Crippen LogP contribution in [0.5, 0.6) is 11.5 Å². The van der Waals surface area contributed by atoms with Crippen LogP contribution in [-0.4, -0.2) is 41.5 Å².